The molecule has 1 saturated heterocycles. The van der Waals surface area contributed by atoms with Crippen LogP contribution in [0.2, 0.25) is 0 Å². The highest BCUT2D eigenvalue weighted by molar-refractivity contribution is 9.10. The highest BCUT2D eigenvalue weighted by atomic mass is 79.9. The minimum absolute atomic E-state index is 0.0481. The van der Waals surface area contributed by atoms with Crippen molar-refractivity contribution in [3.05, 3.63) is 34.3 Å². The number of halogens is 1. The van der Waals surface area contributed by atoms with Crippen LogP contribution in [0.4, 0.5) is 0 Å². The number of carbonyl (C=O) groups excluding carboxylic acids is 1. The average molecular weight is 284 g/mol. The number of benzene rings is 1. The first-order valence-electron chi connectivity index (χ1n) is 4.85. The van der Waals surface area contributed by atoms with E-state index in [9.17, 15) is 9.59 Å². The van der Waals surface area contributed by atoms with E-state index in [0.29, 0.717) is 0 Å². The molecule has 0 radical (unpaired) electrons. The first-order chi connectivity index (χ1) is 7.58. The number of amides is 1. The van der Waals surface area contributed by atoms with Crippen LogP contribution in [-0.4, -0.2) is 17.0 Å². The summed E-state index contributed by atoms with van der Waals surface area (Å²) < 4.78 is 0.871. The van der Waals surface area contributed by atoms with E-state index in [-0.39, 0.29) is 12.3 Å². The van der Waals surface area contributed by atoms with Crippen LogP contribution in [0.5, 0.6) is 0 Å². The van der Waals surface area contributed by atoms with Crippen LogP contribution in [0.1, 0.15) is 18.0 Å². The predicted molar refractivity (Wildman–Crippen MR) is 60.8 cm³/mol. The van der Waals surface area contributed by atoms with Gasteiger partial charge in [0.05, 0.1) is 12.0 Å². The highest BCUT2D eigenvalue weighted by Gasteiger charge is 2.38. The molecule has 1 aliphatic rings. The Kier molecular flexibility index (Phi) is 2.96. The van der Waals surface area contributed by atoms with Crippen molar-refractivity contribution < 1.29 is 14.7 Å². The standard InChI is InChI=1S/C11H10BrNO3/c12-7-3-1-2-6(4-7)10-8(11(15)16)5-9(14)13-10/h1-4,8,10H,5H2,(H,13,14)(H,15,16). The Labute approximate surface area is 101 Å². The van der Waals surface area contributed by atoms with E-state index in [4.69, 9.17) is 5.11 Å². The van der Waals surface area contributed by atoms with Crippen molar-refractivity contribution in [1.82, 2.24) is 5.32 Å². The van der Waals surface area contributed by atoms with E-state index >= 15 is 0 Å². The molecule has 84 valence electrons. The van der Waals surface area contributed by atoms with Gasteiger partial charge in [-0.3, -0.25) is 9.59 Å². The van der Waals surface area contributed by atoms with Crippen molar-refractivity contribution >= 4 is 27.8 Å². The fraction of sp³-hybridized carbons (Fsp3) is 0.273. The third-order valence-corrected chi connectivity index (χ3v) is 3.14. The molecule has 16 heavy (non-hydrogen) atoms. The van der Waals surface area contributed by atoms with Gasteiger partial charge in [-0.05, 0) is 17.7 Å². The van der Waals surface area contributed by atoms with Crippen LogP contribution < -0.4 is 5.32 Å². The molecule has 1 heterocycles. The summed E-state index contributed by atoms with van der Waals surface area (Å²) in [6.45, 7) is 0. The molecular formula is C11H10BrNO3. The molecule has 2 atom stereocenters. The van der Waals surface area contributed by atoms with E-state index < -0.39 is 17.9 Å². The molecule has 1 amide bonds. The Morgan fingerprint density at radius 1 is 1.50 bits per heavy atom. The second-order valence-corrected chi connectivity index (χ2v) is 4.66. The monoisotopic (exact) mass is 283 g/mol. The third-order valence-electron chi connectivity index (χ3n) is 2.65. The number of hydrogen-bond acceptors (Lipinski definition) is 2. The van der Waals surface area contributed by atoms with Crippen LogP contribution >= 0.6 is 15.9 Å². The molecule has 2 rings (SSSR count). The van der Waals surface area contributed by atoms with E-state index in [2.05, 4.69) is 21.2 Å². The van der Waals surface area contributed by atoms with Gasteiger partial charge in [0, 0.05) is 10.9 Å². The second kappa shape index (κ2) is 4.25. The molecule has 1 fully saturated rings. The van der Waals surface area contributed by atoms with Gasteiger partial charge < -0.3 is 10.4 Å². The number of carboxylic acid groups (broad SMARTS) is 1. The lowest BCUT2D eigenvalue weighted by Crippen LogP contribution is -2.24. The normalized spacial score (nSPS) is 24.2. The average Bonchev–Trinajstić information content (AvgIpc) is 2.60. The Morgan fingerprint density at radius 3 is 2.88 bits per heavy atom. The van der Waals surface area contributed by atoms with Gasteiger partial charge >= 0.3 is 5.97 Å². The molecular weight excluding hydrogens is 274 g/mol. The molecule has 0 bridgehead atoms. The summed E-state index contributed by atoms with van der Waals surface area (Å²) in [5.74, 6) is -1.83. The second-order valence-electron chi connectivity index (χ2n) is 3.75. The number of nitrogens with one attached hydrogen (secondary N) is 1. The maximum atomic E-state index is 11.2. The Morgan fingerprint density at radius 2 is 2.25 bits per heavy atom. The van der Waals surface area contributed by atoms with E-state index in [1.807, 2.05) is 24.3 Å². The Balaban J connectivity index is 2.32. The molecule has 1 aliphatic heterocycles. The smallest absolute Gasteiger partial charge is 0.309 e. The zero-order valence-corrected chi connectivity index (χ0v) is 9.90. The molecule has 0 saturated carbocycles. The highest BCUT2D eigenvalue weighted by Crippen LogP contribution is 2.31. The van der Waals surface area contributed by atoms with E-state index in [1.54, 1.807) is 0 Å². The molecule has 2 N–H and O–H groups in total. The molecule has 4 nitrogen and oxygen atoms in total. The van der Waals surface area contributed by atoms with Crippen molar-refractivity contribution in [2.45, 2.75) is 12.5 Å². The molecule has 0 spiro atoms. The van der Waals surface area contributed by atoms with Gasteiger partial charge in [-0.2, -0.15) is 0 Å². The van der Waals surface area contributed by atoms with Gasteiger partial charge in [-0.15, -0.1) is 0 Å². The van der Waals surface area contributed by atoms with Crippen LogP contribution in [-0.2, 0) is 9.59 Å². The van der Waals surface area contributed by atoms with Crippen molar-refractivity contribution in [3.8, 4) is 0 Å². The number of carbonyl (C=O) groups is 2. The predicted octanol–water partition coefficient (Wildman–Crippen LogP) is 1.71. The van der Waals surface area contributed by atoms with Crippen LogP contribution in [0, 0.1) is 5.92 Å². The van der Waals surface area contributed by atoms with E-state index in [0.717, 1.165) is 10.0 Å². The van der Waals surface area contributed by atoms with Crippen LogP contribution in [0.25, 0.3) is 0 Å². The molecule has 2 unspecified atom stereocenters. The lowest BCUT2D eigenvalue weighted by molar-refractivity contribution is -0.142. The molecule has 5 heteroatoms. The van der Waals surface area contributed by atoms with Gasteiger partial charge in [0.25, 0.3) is 0 Å². The van der Waals surface area contributed by atoms with Gasteiger partial charge in [0.1, 0.15) is 0 Å². The van der Waals surface area contributed by atoms with Gasteiger partial charge in [-0.25, -0.2) is 0 Å². The largest absolute Gasteiger partial charge is 0.481 e. The van der Waals surface area contributed by atoms with Crippen LogP contribution in [0.15, 0.2) is 28.7 Å². The number of aliphatic carboxylic acids is 1. The van der Waals surface area contributed by atoms with Gasteiger partial charge in [0.15, 0.2) is 0 Å². The third kappa shape index (κ3) is 2.09. The number of carboxylic acids is 1. The fourth-order valence-corrected chi connectivity index (χ4v) is 2.31. The minimum Gasteiger partial charge on any atom is -0.481 e. The van der Waals surface area contributed by atoms with Gasteiger partial charge in [-0.1, -0.05) is 28.1 Å². The summed E-state index contributed by atoms with van der Waals surface area (Å²) in [6, 6.07) is 6.89. The Bertz CT molecular complexity index is 447. The van der Waals surface area contributed by atoms with Crippen molar-refractivity contribution in [2.24, 2.45) is 5.92 Å². The van der Waals surface area contributed by atoms with Crippen molar-refractivity contribution in [2.75, 3.05) is 0 Å². The summed E-state index contributed by atoms with van der Waals surface area (Å²) in [5.41, 5.74) is 0.813. The van der Waals surface area contributed by atoms with E-state index in [1.165, 1.54) is 0 Å². The van der Waals surface area contributed by atoms with Crippen molar-refractivity contribution in [1.29, 1.82) is 0 Å². The lowest BCUT2D eigenvalue weighted by atomic mass is 9.94. The Hall–Kier alpha value is -1.36. The van der Waals surface area contributed by atoms with Crippen molar-refractivity contribution in [3.63, 3.8) is 0 Å². The number of rotatable bonds is 2. The number of hydrogen-bond donors (Lipinski definition) is 2. The van der Waals surface area contributed by atoms with Crippen LogP contribution in [0.3, 0.4) is 0 Å². The maximum Gasteiger partial charge on any atom is 0.309 e. The quantitative estimate of drug-likeness (QED) is 0.868. The molecule has 0 aliphatic carbocycles. The lowest BCUT2D eigenvalue weighted by Gasteiger charge is -2.15. The summed E-state index contributed by atoms with van der Waals surface area (Å²) in [4.78, 5) is 22.3. The zero-order valence-electron chi connectivity index (χ0n) is 8.31. The molecule has 1 aromatic rings. The minimum atomic E-state index is -0.941. The molecule has 0 aromatic heterocycles. The SMILES string of the molecule is O=C1CC(C(=O)O)C(c2cccc(Br)c2)N1. The topological polar surface area (TPSA) is 66.4 Å². The zero-order chi connectivity index (χ0) is 11.7. The maximum absolute atomic E-state index is 11.2. The first kappa shape index (κ1) is 11.1. The first-order valence-corrected chi connectivity index (χ1v) is 5.65. The summed E-state index contributed by atoms with van der Waals surface area (Å²) in [5, 5.41) is 11.7. The summed E-state index contributed by atoms with van der Waals surface area (Å²) >= 11 is 3.32. The fourth-order valence-electron chi connectivity index (χ4n) is 1.90. The molecule has 1 aromatic carbocycles. The summed E-state index contributed by atoms with van der Waals surface area (Å²) in [7, 11) is 0. The van der Waals surface area contributed by atoms with Gasteiger partial charge in [0.2, 0.25) is 5.91 Å². The summed E-state index contributed by atoms with van der Waals surface area (Å²) in [6.07, 6.45) is 0.0481.